The second-order valence-corrected chi connectivity index (χ2v) is 3.71. The van der Waals surface area contributed by atoms with Gasteiger partial charge in [0.15, 0.2) is 0 Å². The molecule has 1 atom stereocenters. The molecule has 3 nitrogen and oxygen atoms in total. The highest BCUT2D eigenvalue weighted by molar-refractivity contribution is 5.75. The summed E-state index contributed by atoms with van der Waals surface area (Å²) in [6.07, 6.45) is 2.17. The Morgan fingerprint density at radius 2 is 2.20 bits per heavy atom. The van der Waals surface area contributed by atoms with Gasteiger partial charge in [0, 0.05) is 7.05 Å². The largest absolute Gasteiger partial charge is 0.463 e. The van der Waals surface area contributed by atoms with Crippen LogP contribution in [-0.2, 0) is 11.2 Å². The van der Waals surface area contributed by atoms with Gasteiger partial charge in [-0.25, -0.2) is 4.99 Å². The van der Waals surface area contributed by atoms with Crippen LogP contribution >= 0.6 is 0 Å². The van der Waals surface area contributed by atoms with Gasteiger partial charge in [0.1, 0.15) is 6.61 Å². The lowest BCUT2D eigenvalue weighted by molar-refractivity contribution is 0.320. The quantitative estimate of drug-likeness (QED) is 0.811. The molecule has 1 saturated heterocycles. The highest BCUT2D eigenvalue weighted by atomic mass is 16.5. The van der Waals surface area contributed by atoms with Crippen LogP contribution in [0.4, 0.5) is 0 Å². The van der Waals surface area contributed by atoms with Gasteiger partial charge in [-0.1, -0.05) is 30.3 Å². The molecule has 80 valence electrons. The fraction of sp³-hybridized carbons (Fsp3) is 0.417. The molecule has 3 heteroatoms. The number of hydrogen-bond donors (Lipinski definition) is 1. The molecule has 0 unspecified atom stereocenters. The number of aryl methyl sites for hydroxylation is 1. The summed E-state index contributed by atoms with van der Waals surface area (Å²) in [7, 11) is 1.74. The molecule has 1 heterocycles. The molecular formula is C12H16N2O. The zero-order valence-corrected chi connectivity index (χ0v) is 8.94. The number of nitrogens with one attached hydrogen (secondary N) is 1. The third-order valence-corrected chi connectivity index (χ3v) is 2.58. The number of aliphatic imine (C=N–C) groups is 1. The molecule has 1 aliphatic rings. The standard InChI is InChI=1S/C12H16N2O/c1-13-12-14-11(9-15-12)8-7-10-5-3-2-4-6-10/h2-6,11H,7-9H2,1H3,(H,13,14)/t11-/m1/s1. The predicted octanol–water partition coefficient (Wildman–Crippen LogP) is 1.59. The maximum Gasteiger partial charge on any atom is 0.284 e. The summed E-state index contributed by atoms with van der Waals surface area (Å²) >= 11 is 0. The monoisotopic (exact) mass is 204 g/mol. The Kier molecular flexibility index (Phi) is 3.22. The van der Waals surface area contributed by atoms with Crippen molar-refractivity contribution >= 4 is 6.02 Å². The zero-order valence-electron chi connectivity index (χ0n) is 8.94. The van der Waals surface area contributed by atoms with Crippen molar-refractivity contribution in [1.29, 1.82) is 0 Å². The van der Waals surface area contributed by atoms with Crippen LogP contribution in [0.25, 0.3) is 0 Å². The number of nitrogens with zero attached hydrogens (tertiary/aromatic N) is 1. The molecule has 0 amide bonds. The number of benzene rings is 1. The average Bonchev–Trinajstić information content (AvgIpc) is 2.76. The minimum atomic E-state index is 0.406. The minimum Gasteiger partial charge on any atom is -0.463 e. The minimum absolute atomic E-state index is 0.406. The summed E-state index contributed by atoms with van der Waals surface area (Å²) in [4.78, 5) is 3.98. The van der Waals surface area contributed by atoms with Gasteiger partial charge in [0.25, 0.3) is 6.02 Å². The first-order chi connectivity index (χ1) is 7.38. The Labute approximate surface area is 90.2 Å². The number of amidine groups is 1. The van der Waals surface area contributed by atoms with Crippen LogP contribution in [0, 0.1) is 0 Å². The molecule has 1 fully saturated rings. The first-order valence-electron chi connectivity index (χ1n) is 5.28. The van der Waals surface area contributed by atoms with Crippen LogP contribution in [0.2, 0.25) is 0 Å². The van der Waals surface area contributed by atoms with Crippen LogP contribution < -0.4 is 5.32 Å². The molecular weight excluding hydrogens is 188 g/mol. The van der Waals surface area contributed by atoms with Crippen LogP contribution in [0.3, 0.4) is 0 Å². The zero-order chi connectivity index (χ0) is 10.5. The van der Waals surface area contributed by atoms with Gasteiger partial charge in [-0.15, -0.1) is 0 Å². The Morgan fingerprint density at radius 1 is 1.40 bits per heavy atom. The van der Waals surface area contributed by atoms with Gasteiger partial charge < -0.3 is 10.1 Å². The predicted molar refractivity (Wildman–Crippen MR) is 61.0 cm³/mol. The number of rotatable bonds is 3. The fourth-order valence-electron chi connectivity index (χ4n) is 1.71. The second-order valence-electron chi connectivity index (χ2n) is 3.71. The van der Waals surface area contributed by atoms with Gasteiger partial charge in [0.2, 0.25) is 0 Å². The first kappa shape index (κ1) is 10.0. The summed E-state index contributed by atoms with van der Waals surface area (Å²) < 4.78 is 5.34. The average molecular weight is 204 g/mol. The summed E-state index contributed by atoms with van der Waals surface area (Å²) in [5.41, 5.74) is 1.38. The third-order valence-electron chi connectivity index (χ3n) is 2.58. The molecule has 0 spiro atoms. The van der Waals surface area contributed by atoms with E-state index >= 15 is 0 Å². The summed E-state index contributed by atoms with van der Waals surface area (Å²) in [5, 5.41) is 3.24. The van der Waals surface area contributed by atoms with Crippen molar-refractivity contribution in [3.8, 4) is 0 Å². The SMILES string of the molecule is CN=C1N[C@H](CCc2ccccc2)CO1. The molecule has 1 aliphatic heterocycles. The van der Waals surface area contributed by atoms with Gasteiger partial charge in [-0.05, 0) is 18.4 Å². The molecule has 2 rings (SSSR count). The Morgan fingerprint density at radius 3 is 2.87 bits per heavy atom. The van der Waals surface area contributed by atoms with E-state index in [0.29, 0.717) is 12.1 Å². The van der Waals surface area contributed by atoms with Crippen LogP contribution in [0.15, 0.2) is 35.3 Å². The van der Waals surface area contributed by atoms with Crippen molar-refractivity contribution in [2.45, 2.75) is 18.9 Å². The molecule has 0 aliphatic carbocycles. The van der Waals surface area contributed by atoms with Crippen LogP contribution in [0.1, 0.15) is 12.0 Å². The lowest BCUT2D eigenvalue weighted by Crippen LogP contribution is -2.27. The normalized spacial score (nSPS) is 22.5. The third kappa shape index (κ3) is 2.72. The lowest BCUT2D eigenvalue weighted by atomic mass is 10.1. The Hall–Kier alpha value is -1.51. The van der Waals surface area contributed by atoms with E-state index in [9.17, 15) is 0 Å². The van der Waals surface area contributed by atoms with E-state index in [2.05, 4.69) is 34.6 Å². The topological polar surface area (TPSA) is 33.6 Å². The van der Waals surface area contributed by atoms with E-state index < -0.39 is 0 Å². The smallest absolute Gasteiger partial charge is 0.284 e. The fourth-order valence-corrected chi connectivity index (χ4v) is 1.71. The maximum atomic E-state index is 5.34. The van der Waals surface area contributed by atoms with E-state index in [1.165, 1.54) is 5.56 Å². The van der Waals surface area contributed by atoms with Gasteiger partial charge >= 0.3 is 0 Å². The van der Waals surface area contributed by atoms with E-state index in [1.807, 2.05) is 6.07 Å². The van der Waals surface area contributed by atoms with Crippen molar-refractivity contribution < 1.29 is 4.74 Å². The Bertz CT molecular complexity index is 335. The first-order valence-corrected chi connectivity index (χ1v) is 5.28. The number of hydrogen-bond acceptors (Lipinski definition) is 2. The van der Waals surface area contributed by atoms with Crippen LogP contribution in [-0.4, -0.2) is 25.7 Å². The molecule has 0 saturated carbocycles. The molecule has 1 aromatic carbocycles. The molecule has 0 aromatic heterocycles. The highest BCUT2D eigenvalue weighted by Gasteiger charge is 2.19. The van der Waals surface area contributed by atoms with Gasteiger partial charge in [0.05, 0.1) is 6.04 Å². The maximum absolute atomic E-state index is 5.34. The summed E-state index contributed by atoms with van der Waals surface area (Å²) in [6.45, 7) is 0.736. The van der Waals surface area contributed by atoms with E-state index in [1.54, 1.807) is 7.05 Å². The van der Waals surface area contributed by atoms with Crippen molar-refractivity contribution in [1.82, 2.24) is 5.32 Å². The summed E-state index contributed by atoms with van der Waals surface area (Å²) in [5.74, 6) is 0. The molecule has 0 radical (unpaired) electrons. The lowest BCUT2D eigenvalue weighted by Gasteiger charge is -2.06. The molecule has 15 heavy (non-hydrogen) atoms. The van der Waals surface area contributed by atoms with Crippen molar-refractivity contribution in [3.05, 3.63) is 35.9 Å². The molecule has 0 bridgehead atoms. The summed E-state index contributed by atoms with van der Waals surface area (Å²) in [6, 6.07) is 11.6. The van der Waals surface area contributed by atoms with Crippen molar-refractivity contribution in [2.24, 2.45) is 4.99 Å². The van der Waals surface area contributed by atoms with Crippen molar-refractivity contribution in [2.75, 3.05) is 13.7 Å². The van der Waals surface area contributed by atoms with Gasteiger partial charge in [-0.2, -0.15) is 0 Å². The van der Waals surface area contributed by atoms with E-state index in [-0.39, 0.29) is 0 Å². The van der Waals surface area contributed by atoms with Crippen LogP contribution in [0.5, 0.6) is 0 Å². The van der Waals surface area contributed by atoms with E-state index in [4.69, 9.17) is 4.74 Å². The highest BCUT2D eigenvalue weighted by Crippen LogP contribution is 2.08. The molecule has 1 aromatic rings. The number of ether oxygens (including phenoxy) is 1. The van der Waals surface area contributed by atoms with E-state index in [0.717, 1.165) is 19.4 Å². The van der Waals surface area contributed by atoms with Crippen molar-refractivity contribution in [3.63, 3.8) is 0 Å². The second kappa shape index (κ2) is 4.82. The Balaban J connectivity index is 1.80. The molecule has 1 N–H and O–H groups in total. The van der Waals surface area contributed by atoms with Gasteiger partial charge in [-0.3, -0.25) is 0 Å².